The highest BCUT2D eigenvalue weighted by Gasteiger charge is 2.23. The molecule has 0 radical (unpaired) electrons. The first-order valence-electron chi connectivity index (χ1n) is 6.48. The molecule has 0 aliphatic heterocycles. The van der Waals surface area contributed by atoms with Crippen LogP contribution in [0.25, 0.3) is 0 Å². The molecule has 2 N–H and O–H groups in total. The summed E-state index contributed by atoms with van der Waals surface area (Å²) < 4.78 is 5.50. The maximum absolute atomic E-state index is 11.8. The number of ether oxygens (including phenoxy) is 1. The largest absolute Gasteiger partial charge is 0.481 e. The van der Waals surface area contributed by atoms with E-state index in [1.807, 2.05) is 39.0 Å². The van der Waals surface area contributed by atoms with Crippen molar-refractivity contribution in [3.8, 4) is 5.75 Å². The van der Waals surface area contributed by atoms with Crippen LogP contribution in [0, 0.1) is 5.41 Å². The molecule has 2 unspecified atom stereocenters. The second-order valence-corrected chi connectivity index (χ2v) is 5.70. The molecule has 2 atom stereocenters. The van der Waals surface area contributed by atoms with Gasteiger partial charge in [-0.2, -0.15) is 0 Å². The van der Waals surface area contributed by atoms with E-state index in [0.717, 1.165) is 0 Å². The Kier molecular flexibility index (Phi) is 5.36. The summed E-state index contributed by atoms with van der Waals surface area (Å²) >= 11 is 0. The van der Waals surface area contributed by atoms with Gasteiger partial charge in [-0.15, -0.1) is 0 Å². The van der Waals surface area contributed by atoms with Crippen molar-refractivity contribution in [1.82, 2.24) is 5.32 Å². The Labute approximate surface area is 114 Å². The summed E-state index contributed by atoms with van der Waals surface area (Å²) in [5, 5.41) is 12.5. The Morgan fingerprint density at radius 2 is 1.89 bits per heavy atom. The fraction of sp³-hybridized carbons (Fsp3) is 0.533. The van der Waals surface area contributed by atoms with E-state index >= 15 is 0 Å². The number of carbonyl (C=O) groups excluding carboxylic acids is 1. The third-order valence-electron chi connectivity index (χ3n) is 2.89. The van der Waals surface area contributed by atoms with Gasteiger partial charge in [0, 0.05) is 6.54 Å². The summed E-state index contributed by atoms with van der Waals surface area (Å²) in [7, 11) is 0. The van der Waals surface area contributed by atoms with Crippen molar-refractivity contribution in [1.29, 1.82) is 0 Å². The molecule has 1 aromatic carbocycles. The van der Waals surface area contributed by atoms with Gasteiger partial charge in [0.2, 0.25) is 0 Å². The number of hydrogen-bond donors (Lipinski definition) is 2. The molecule has 0 aromatic heterocycles. The van der Waals surface area contributed by atoms with Crippen molar-refractivity contribution in [2.45, 2.75) is 39.9 Å². The van der Waals surface area contributed by atoms with Crippen molar-refractivity contribution in [3.05, 3.63) is 30.3 Å². The van der Waals surface area contributed by atoms with Crippen LogP contribution in [0.3, 0.4) is 0 Å². The van der Waals surface area contributed by atoms with Crippen LogP contribution in [0.15, 0.2) is 30.3 Å². The summed E-state index contributed by atoms with van der Waals surface area (Å²) in [5.74, 6) is 0.425. The summed E-state index contributed by atoms with van der Waals surface area (Å²) in [6.07, 6.45) is -1.17. The lowest BCUT2D eigenvalue weighted by atomic mass is 9.89. The molecular formula is C15H23NO3. The first-order chi connectivity index (χ1) is 8.80. The van der Waals surface area contributed by atoms with Gasteiger partial charge in [-0.1, -0.05) is 39.0 Å². The molecule has 1 aromatic rings. The first-order valence-corrected chi connectivity index (χ1v) is 6.48. The van der Waals surface area contributed by atoms with Crippen LogP contribution in [0.2, 0.25) is 0 Å². The molecule has 1 rings (SSSR count). The van der Waals surface area contributed by atoms with Crippen molar-refractivity contribution in [2.24, 2.45) is 5.41 Å². The molecule has 0 saturated heterocycles. The average molecular weight is 265 g/mol. The van der Waals surface area contributed by atoms with E-state index < -0.39 is 12.2 Å². The minimum absolute atomic E-state index is 0.227. The zero-order valence-electron chi connectivity index (χ0n) is 12.0. The highest BCUT2D eigenvalue weighted by Crippen LogP contribution is 2.18. The second-order valence-electron chi connectivity index (χ2n) is 5.70. The number of para-hydroxylation sites is 1. The van der Waals surface area contributed by atoms with E-state index in [9.17, 15) is 9.90 Å². The summed E-state index contributed by atoms with van der Waals surface area (Å²) in [4.78, 5) is 11.8. The number of carbonyl (C=O) groups is 1. The summed E-state index contributed by atoms with van der Waals surface area (Å²) in [6, 6.07) is 9.19. The van der Waals surface area contributed by atoms with Crippen LogP contribution in [-0.2, 0) is 4.79 Å². The second kappa shape index (κ2) is 6.57. The lowest BCUT2D eigenvalue weighted by molar-refractivity contribution is -0.128. The number of rotatable bonds is 5. The van der Waals surface area contributed by atoms with E-state index in [-0.39, 0.29) is 17.9 Å². The molecule has 4 nitrogen and oxygen atoms in total. The van der Waals surface area contributed by atoms with Crippen LogP contribution in [0.4, 0.5) is 0 Å². The molecule has 19 heavy (non-hydrogen) atoms. The molecule has 0 fully saturated rings. The number of aliphatic hydroxyl groups excluding tert-OH is 1. The minimum atomic E-state index is -0.588. The maximum Gasteiger partial charge on any atom is 0.260 e. The fourth-order valence-electron chi connectivity index (χ4n) is 1.40. The summed E-state index contributed by atoms with van der Waals surface area (Å²) in [5.41, 5.74) is -0.253. The maximum atomic E-state index is 11.8. The van der Waals surface area contributed by atoms with Gasteiger partial charge in [0.25, 0.3) is 5.91 Å². The van der Waals surface area contributed by atoms with Gasteiger partial charge in [-0.3, -0.25) is 4.79 Å². The van der Waals surface area contributed by atoms with Crippen LogP contribution in [0.1, 0.15) is 27.7 Å². The number of benzene rings is 1. The zero-order chi connectivity index (χ0) is 14.5. The molecule has 0 bridgehead atoms. The molecule has 0 saturated carbocycles. The number of nitrogens with one attached hydrogen (secondary N) is 1. The topological polar surface area (TPSA) is 58.6 Å². The molecule has 0 heterocycles. The molecule has 106 valence electrons. The van der Waals surface area contributed by atoms with E-state index in [4.69, 9.17) is 4.74 Å². The van der Waals surface area contributed by atoms with Crippen molar-refractivity contribution < 1.29 is 14.6 Å². The van der Waals surface area contributed by atoms with Crippen LogP contribution in [0.5, 0.6) is 5.75 Å². The zero-order valence-corrected chi connectivity index (χ0v) is 12.0. The third kappa shape index (κ3) is 5.30. The molecule has 0 spiro atoms. The van der Waals surface area contributed by atoms with Crippen molar-refractivity contribution in [2.75, 3.05) is 6.54 Å². The molecule has 1 amide bonds. The minimum Gasteiger partial charge on any atom is -0.481 e. The van der Waals surface area contributed by atoms with Gasteiger partial charge < -0.3 is 15.2 Å². The van der Waals surface area contributed by atoms with Crippen LogP contribution < -0.4 is 10.1 Å². The van der Waals surface area contributed by atoms with E-state index in [0.29, 0.717) is 5.75 Å². The Morgan fingerprint density at radius 3 is 2.42 bits per heavy atom. The normalized spacial score (nSPS) is 14.6. The lowest BCUT2D eigenvalue weighted by Gasteiger charge is -2.26. The predicted molar refractivity (Wildman–Crippen MR) is 75.0 cm³/mol. The fourth-order valence-corrected chi connectivity index (χ4v) is 1.40. The highest BCUT2D eigenvalue weighted by molar-refractivity contribution is 5.80. The standard InChI is InChI=1S/C15H23NO3/c1-11(19-12-8-6-5-7-9-12)14(18)16-10-13(17)15(2,3)4/h5-9,11,13,17H,10H2,1-4H3,(H,16,18). The van der Waals surface area contributed by atoms with Gasteiger partial charge in [-0.05, 0) is 24.5 Å². The van der Waals surface area contributed by atoms with E-state index in [1.165, 1.54) is 0 Å². The van der Waals surface area contributed by atoms with Crippen molar-refractivity contribution >= 4 is 5.91 Å². The number of amides is 1. The Hall–Kier alpha value is -1.55. The SMILES string of the molecule is CC(Oc1ccccc1)C(=O)NCC(O)C(C)(C)C. The molecule has 4 heteroatoms. The monoisotopic (exact) mass is 265 g/mol. The first kappa shape index (κ1) is 15.5. The molecular weight excluding hydrogens is 242 g/mol. The predicted octanol–water partition coefficient (Wildman–Crippen LogP) is 1.98. The van der Waals surface area contributed by atoms with E-state index in [1.54, 1.807) is 19.1 Å². The Balaban J connectivity index is 2.41. The number of aliphatic hydroxyl groups is 1. The van der Waals surface area contributed by atoms with Crippen LogP contribution >= 0.6 is 0 Å². The van der Waals surface area contributed by atoms with Crippen molar-refractivity contribution in [3.63, 3.8) is 0 Å². The third-order valence-corrected chi connectivity index (χ3v) is 2.89. The Bertz CT molecular complexity index is 398. The van der Waals surface area contributed by atoms with Gasteiger partial charge in [-0.25, -0.2) is 0 Å². The molecule has 0 aliphatic carbocycles. The summed E-state index contributed by atoms with van der Waals surface area (Å²) in [6.45, 7) is 7.69. The quantitative estimate of drug-likeness (QED) is 0.856. The van der Waals surface area contributed by atoms with Crippen LogP contribution in [-0.4, -0.2) is 29.8 Å². The molecule has 0 aliphatic rings. The highest BCUT2D eigenvalue weighted by atomic mass is 16.5. The van der Waals surface area contributed by atoms with Gasteiger partial charge >= 0.3 is 0 Å². The lowest BCUT2D eigenvalue weighted by Crippen LogP contribution is -2.43. The van der Waals surface area contributed by atoms with Gasteiger partial charge in [0.05, 0.1) is 6.10 Å². The number of hydrogen-bond acceptors (Lipinski definition) is 3. The van der Waals surface area contributed by atoms with E-state index in [2.05, 4.69) is 5.32 Å². The average Bonchev–Trinajstić information content (AvgIpc) is 2.35. The van der Waals surface area contributed by atoms with Gasteiger partial charge in [0.15, 0.2) is 6.10 Å². The van der Waals surface area contributed by atoms with Gasteiger partial charge in [0.1, 0.15) is 5.75 Å². The Morgan fingerprint density at radius 1 is 1.32 bits per heavy atom. The smallest absolute Gasteiger partial charge is 0.260 e.